The molecule has 9 heteroatoms. The summed E-state index contributed by atoms with van der Waals surface area (Å²) in [5.41, 5.74) is 0.499. The summed E-state index contributed by atoms with van der Waals surface area (Å²) in [5.74, 6) is -0.243. The van der Waals surface area contributed by atoms with Crippen LogP contribution in [0.5, 0.6) is 5.75 Å². The summed E-state index contributed by atoms with van der Waals surface area (Å²) in [5, 5.41) is 8.16. The minimum atomic E-state index is -3.79. The predicted molar refractivity (Wildman–Crippen MR) is 107 cm³/mol. The zero-order valence-corrected chi connectivity index (χ0v) is 16.9. The van der Waals surface area contributed by atoms with E-state index < -0.39 is 15.6 Å². The van der Waals surface area contributed by atoms with Crippen LogP contribution in [0.4, 0.5) is 4.39 Å². The molecule has 1 amide bonds. The highest BCUT2D eigenvalue weighted by Crippen LogP contribution is 2.36. The van der Waals surface area contributed by atoms with Crippen LogP contribution in [0.2, 0.25) is 0 Å². The molecule has 0 radical (unpaired) electrons. The molecule has 0 unspecified atom stereocenters. The van der Waals surface area contributed by atoms with Crippen molar-refractivity contribution in [2.24, 2.45) is 5.14 Å². The molecule has 2 aromatic carbocycles. The largest absolute Gasteiger partial charge is 0.496 e. The number of hydrogen-bond donors (Lipinski definition) is 2. The van der Waals surface area contributed by atoms with Gasteiger partial charge in [-0.1, -0.05) is 24.3 Å². The lowest BCUT2D eigenvalue weighted by atomic mass is 9.73. The van der Waals surface area contributed by atoms with Crippen molar-refractivity contribution in [3.05, 3.63) is 65.5 Å². The molecule has 0 saturated carbocycles. The van der Waals surface area contributed by atoms with E-state index in [0.29, 0.717) is 29.7 Å². The Labute approximate surface area is 169 Å². The third kappa shape index (κ3) is 4.75. The van der Waals surface area contributed by atoms with Crippen molar-refractivity contribution in [1.29, 1.82) is 0 Å². The first-order valence-corrected chi connectivity index (χ1v) is 10.7. The first kappa shape index (κ1) is 21.2. The van der Waals surface area contributed by atoms with E-state index in [1.54, 1.807) is 36.4 Å². The van der Waals surface area contributed by atoms with Crippen molar-refractivity contribution < 1.29 is 22.3 Å². The van der Waals surface area contributed by atoms with E-state index in [0.717, 1.165) is 0 Å². The van der Waals surface area contributed by atoms with E-state index in [-0.39, 0.29) is 31.4 Å². The summed E-state index contributed by atoms with van der Waals surface area (Å²) < 4.78 is 43.7. The normalized spacial score (nSPS) is 16.9. The maximum Gasteiger partial charge on any atom is 0.276 e. The minimum Gasteiger partial charge on any atom is -0.496 e. The number of amides is 1. The van der Waals surface area contributed by atoms with Crippen LogP contribution in [0.1, 0.15) is 28.8 Å². The van der Waals surface area contributed by atoms with E-state index in [2.05, 4.69) is 5.32 Å². The second-order valence-electron chi connectivity index (χ2n) is 7.12. The van der Waals surface area contributed by atoms with Gasteiger partial charge < -0.3 is 10.1 Å². The van der Waals surface area contributed by atoms with Gasteiger partial charge in [0.1, 0.15) is 11.6 Å². The van der Waals surface area contributed by atoms with E-state index in [1.807, 2.05) is 0 Å². The molecule has 1 fully saturated rings. The molecule has 2 aromatic rings. The fraction of sp³-hybridized carbons (Fsp3) is 0.350. The van der Waals surface area contributed by atoms with Crippen LogP contribution in [-0.2, 0) is 15.6 Å². The van der Waals surface area contributed by atoms with Crippen LogP contribution in [0, 0.1) is 5.82 Å². The molecule has 0 atom stereocenters. The van der Waals surface area contributed by atoms with Crippen LogP contribution in [-0.4, -0.2) is 45.4 Å². The number of rotatable bonds is 6. The molecule has 7 nitrogen and oxygen atoms in total. The molecule has 1 heterocycles. The Morgan fingerprint density at radius 3 is 2.52 bits per heavy atom. The van der Waals surface area contributed by atoms with Gasteiger partial charge in [0.15, 0.2) is 0 Å². The lowest BCUT2D eigenvalue weighted by molar-refractivity contribution is 0.0930. The summed E-state index contributed by atoms with van der Waals surface area (Å²) in [7, 11) is -2.30. The highest BCUT2D eigenvalue weighted by atomic mass is 32.2. The molecule has 1 saturated heterocycles. The van der Waals surface area contributed by atoms with Crippen molar-refractivity contribution in [1.82, 2.24) is 9.62 Å². The molecule has 1 aliphatic rings. The number of hydrogen-bond acceptors (Lipinski definition) is 4. The van der Waals surface area contributed by atoms with Gasteiger partial charge in [-0.05, 0) is 42.7 Å². The fourth-order valence-corrected chi connectivity index (χ4v) is 4.42. The number of ether oxygens (including phenoxy) is 1. The van der Waals surface area contributed by atoms with Crippen molar-refractivity contribution in [3.8, 4) is 5.75 Å². The second kappa shape index (κ2) is 8.48. The smallest absolute Gasteiger partial charge is 0.276 e. The first-order chi connectivity index (χ1) is 13.7. The molecular weight excluding hydrogens is 397 g/mol. The van der Waals surface area contributed by atoms with Crippen molar-refractivity contribution in [2.75, 3.05) is 26.7 Å². The molecule has 0 aliphatic carbocycles. The van der Waals surface area contributed by atoms with Gasteiger partial charge in [0.05, 0.1) is 12.7 Å². The molecule has 3 rings (SSSR count). The summed E-state index contributed by atoms with van der Waals surface area (Å²) in [6.45, 7) is 0.617. The zero-order chi connectivity index (χ0) is 21.1. The van der Waals surface area contributed by atoms with Gasteiger partial charge in [-0.15, -0.1) is 0 Å². The maximum atomic E-state index is 13.9. The summed E-state index contributed by atoms with van der Waals surface area (Å²) >= 11 is 0. The summed E-state index contributed by atoms with van der Waals surface area (Å²) in [6.07, 6.45) is 0.804. The Hall–Kier alpha value is -2.49. The molecule has 29 heavy (non-hydrogen) atoms. The number of carbonyl (C=O) groups is 1. The Balaban J connectivity index is 1.84. The van der Waals surface area contributed by atoms with Crippen LogP contribution in [0.15, 0.2) is 48.5 Å². The third-order valence-corrected chi connectivity index (χ3v) is 6.50. The molecule has 0 spiro atoms. The zero-order valence-electron chi connectivity index (χ0n) is 16.1. The number of methoxy groups -OCH3 is 1. The molecule has 0 aromatic heterocycles. The number of nitrogens with one attached hydrogen (secondary N) is 1. The molecular formula is C20H24FN3O4S. The SMILES string of the molecule is COc1ccccc1C(=O)NCC1(c2cccc(F)c2)CCN(S(N)(=O)=O)CC1. The summed E-state index contributed by atoms with van der Waals surface area (Å²) in [4.78, 5) is 12.7. The summed E-state index contributed by atoms with van der Waals surface area (Å²) in [6, 6.07) is 13.1. The number of nitrogens with zero attached hydrogens (tertiary/aromatic N) is 1. The van der Waals surface area contributed by atoms with Crippen molar-refractivity contribution in [2.45, 2.75) is 18.3 Å². The van der Waals surface area contributed by atoms with Gasteiger partial charge >= 0.3 is 0 Å². The standard InChI is InChI=1S/C20H24FN3O4S/c1-28-18-8-3-2-7-17(18)19(25)23-14-20(15-5-4-6-16(21)13-15)9-11-24(12-10-20)29(22,26)27/h2-8,13H,9-12,14H2,1H3,(H,23,25)(H2,22,26,27). The van der Waals surface area contributed by atoms with Gasteiger partial charge in [-0.3, -0.25) is 4.79 Å². The van der Waals surface area contributed by atoms with Gasteiger partial charge in [-0.2, -0.15) is 12.7 Å². The number of carbonyl (C=O) groups excluding carboxylic acids is 1. The minimum absolute atomic E-state index is 0.194. The quantitative estimate of drug-likeness (QED) is 0.743. The van der Waals surface area contributed by atoms with E-state index in [9.17, 15) is 17.6 Å². The molecule has 3 N–H and O–H groups in total. The van der Waals surface area contributed by atoms with Gasteiger partial charge in [0.25, 0.3) is 16.1 Å². The van der Waals surface area contributed by atoms with E-state index >= 15 is 0 Å². The molecule has 156 valence electrons. The topological polar surface area (TPSA) is 102 Å². The third-order valence-electron chi connectivity index (χ3n) is 5.42. The molecule has 0 bridgehead atoms. The lowest BCUT2D eigenvalue weighted by Crippen LogP contribution is -2.51. The monoisotopic (exact) mass is 421 g/mol. The molecule has 1 aliphatic heterocycles. The number of nitrogens with two attached hydrogens (primary N) is 1. The Bertz CT molecular complexity index is 989. The van der Waals surface area contributed by atoms with Gasteiger partial charge in [-0.25, -0.2) is 9.53 Å². The number of halogens is 1. The van der Waals surface area contributed by atoms with Crippen LogP contribution >= 0.6 is 0 Å². The fourth-order valence-electron chi connectivity index (χ4n) is 3.73. The number of benzene rings is 2. The number of para-hydroxylation sites is 1. The second-order valence-corrected chi connectivity index (χ2v) is 8.66. The van der Waals surface area contributed by atoms with Crippen LogP contribution in [0.3, 0.4) is 0 Å². The van der Waals surface area contributed by atoms with E-state index in [4.69, 9.17) is 9.88 Å². The van der Waals surface area contributed by atoms with Gasteiger partial charge in [0, 0.05) is 25.0 Å². The van der Waals surface area contributed by atoms with Crippen molar-refractivity contribution >= 4 is 16.1 Å². The lowest BCUT2D eigenvalue weighted by Gasteiger charge is -2.41. The first-order valence-electron chi connectivity index (χ1n) is 9.20. The van der Waals surface area contributed by atoms with Crippen molar-refractivity contribution in [3.63, 3.8) is 0 Å². The van der Waals surface area contributed by atoms with Gasteiger partial charge in [0.2, 0.25) is 0 Å². The highest BCUT2D eigenvalue weighted by molar-refractivity contribution is 7.86. The van der Waals surface area contributed by atoms with Crippen LogP contribution < -0.4 is 15.2 Å². The Kier molecular flexibility index (Phi) is 6.21. The van der Waals surface area contributed by atoms with E-state index in [1.165, 1.54) is 23.5 Å². The average molecular weight is 421 g/mol. The predicted octanol–water partition coefficient (Wildman–Crippen LogP) is 1.80. The Morgan fingerprint density at radius 2 is 1.90 bits per heavy atom. The average Bonchev–Trinajstić information content (AvgIpc) is 2.71. The van der Waals surface area contributed by atoms with Crippen LogP contribution in [0.25, 0.3) is 0 Å². The number of piperidine rings is 1. The maximum absolute atomic E-state index is 13.9. The highest BCUT2D eigenvalue weighted by Gasteiger charge is 2.39. The Morgan fingerprint density at radius 1 is 1.21 bits per heavy atom.